The Hall–Kier alpha value is -1.29. The standard InChI is InChI=1S/C12H17N5O2S2/c1-17-8-14-16-12(17)6-15-21(18,19)11-4-10(20-7-11)5-13-9-2-3-9/h4,7-9,13,15H,2-3,5-6H2,1H3. The number of rotatable bonds is 7. The molecule has 2 aromatic rings. The molecule has 114 valence electrons. The van der Waals surface area contributed by atoms with E-state index in [2.05, 4.69) is 20.2 Å². The molecule has 1 aliphatic carbocycles. The highest BCUT2D eigenvalue weighted by molar-refractivity contribution is 7.89. The molecule has 0 saturated heterocycles. The van der Waals surface area contributed by atoms with Crippen LogP contribution in [0.1, 0.15) is 23.5 Å². The van der Waals surface area contributed by atoms with Crippen LogP contribution in [0.3, 0.4) is 0 Å². The van der Waals surface area contributed by atoms with Gasteiger partial charge in [0.1, 0.15) is 12.2 Å². The fraction of sp³-hybridized carbons (Fsp3) is 0.500. The van der Waals surface area contributed by atoms with Crippen molar-refractivity contribution in [3.8, 4) is 0 Å². The summed E-state index contributed by atoms with van der Waals surface area (Å²) in [7, 11) is -1.73. The Labute approximate surface area is 127 Å². The van der Waals surface area contributed by atoms with Crippen molar-refractivity contribution in [3.05, 3.63) is 28.5 Å². The van der Waals surface area contributed by atoms with E-state index >= 15 is 0 Å². The van der Waals surface area contributed by atoms with Crippen LogP contribution in [-0.4, -0.2) is 29.2 Å². The highest BCUT2D eigenvalue weighted by Gasteiger charge is 2.21. The van der Waals surface area contributed by atoms with Crippen LogP contribution in [0.25, 0.3) is 0 Å². The lowest BCUT2D eigenvalue weighted by Crippen LogP contribution is -2.24. The van der Waals surface area contributed by atoms with Gasteiger partial charge in [0.05, 0.1) is 11.4 Å². The number of hydrogen-bond acceptors (Lipinski definition) is 6. The van der Waals surface area contributed by atoms with Gasteiger partial charge < -0.3 is 9.88 Å². The quantitative estimate of drug-likeness (QED) is 0.778. The number of hydrogen-bond donors (Lipinski definition) is 2. The third-order valence-electron chi connectivity index (χ3n) is 3.31. The van der Waals surface area contributed by atoms with E-state index in [1.807, 2.05) is 0 Å². The number of aromatic nitrogens is 3. The maximum atomic E-state index is 12.2. The van der Waals surface area contributed by atoms with E-state index in [0.717, 1.165) is 11.4 Å². The molecule has 3 rings (SSSR count). The summed E-state index contributed by atoms with van der Waals surface area (Å²) < 4.78 is 28.7. The molecule has 0 aliphatic heterocycles. The van der Waals surface area contributed by atoms with Crippen molar-refractivity contribution in [2.75, 3.05) is 0 Å². The lowest BCUT2D eigenvalue weighted by molar-refractivity contribution is 0.577. The first-order valence-corrected chi connectivity index (χ1v) is 9.04. The molecule has 0 unspecified atom stereocenters. The number of aryl methyl sites for hydroxylation is 1. The minimum atomic E-state index is -3.50. The van der Waals surface area contributed by atoms with E-state index in [0.29, 0.717) is 16.8 Å². The summed E-state index contributed by atoms with van der Waals surface area (Å²) in [6.07, 6.45) is 3.97. The molecular formula is C12H17N5O2S2. The zero-order chi connectivity index (χ0) is 14.9. The zero-order valence-electron chi connectivity index (χ0n) is 11.6. The minimum Gasteiger partial charge on any atom is -0.320 e. The number of sulfonamides is 1. The molecule has 7 nitrogen and oxygen atoms in total. The van der Waals surface area contributed by atoms with Crippen molar-refractivity contribution in [1.29, 1.82) is 0 Å². The predicted octanol–water partition coefficient (Wildman–Crippen LogP) is 0.607. The van der Waals surface area contributed by atoms with Crippen molar-refractivity contribution < 1.29 is 8.42 Å². The summed E-state index contributed by atoms with van der Waals surface area (Å²) in [4.78, 5) is 1.34. The second kappa shape index (κ2) is 5.84. The van der Waals surface area contributed by atoms with Gasteiger partial charge in [-0.05, 0) is 18.9 Å². The maximum absolute atomic E-state index is 12.2. The van der Waals surface area contributed by atoms with Crippen LogP contribution >= 0.6 is 11.3 Å². The van der Waals surface area contributed by atoms with E-state index in [-0.39, 0.29) is 6.54 Å². The Bertz CT molecular complexity index is 718. The van der Waals surface area contributed by atoms with E-state index in [1.54, 1.807) is 23.1 Å². The fourth-order valence-corrected chi connectivity index (χ4v) is 4.04. The second-order valence-electron chi connectivity index (χ2n) is 5.09. The molecule has 0 atom stereocenters. The summed E-state index contributed by atoms with van der Waals surface area (Å²) in [5.41, 5.74) is 0. The van der Waals surface area contributed by atoms with Crippen molar-refractivity contribution in [1.82, 2.24) is 24.8 Å². The molecule has 0 amide bonds. The molecule has 0 aromatic carbocycles. The molecule has 0 bridgehead atoms. The molecular weight excluding hydrogens is 310 g/mol. The molecule has 9 heteroatoms. The fourth-order valence-electron chi connectivity index (χ4n) is 1.84. The van der Waals surface area contributed by atoms with Crippen LogP contribution in [0.15, 0.2) is 22.7 Å². The molecule has 1 aliphatic rings. The van der Waals surface area contributed by atoms with Crippen LogP contribution in [-0.2, 0) is 30.2 Å². The number of nitrogens with one attached hydrogen (secondary N) is 2. The van der Waals surface area contributed by atoms with Gasteiger partial charge in [-0.25, -0.2) is 13.1 Å². The van der Waals surface area contributed by atoms with Crippen molar-refractivity contribution in [3.63, 3.8) is 0 Å². The van der Waals surface area contributed by atoms with Crippen LogP contribution in [0.2, 0.25) is 0 Å². The molecule has 1 saturated carbocycles. The van der Waals surface area contributed by atoms with E-state index in [1.165, 1.54) is 30.5 Å². The van der Waals surface area contributed by atoms with Crippen LogP contribution in [0.4, 0.5) is 0 Å². The summed E-state index contributed by atoms with van der Waals surface area (Å²) in [5, 5.41) is 12.6. The molecule has 21 heavy (non-hydrogen) atoms. The van der Waals surface area contributed by atoms with E-state index in [4.69, 9.17) is 0 Å². The lowest BCUT2D eigenvalue weighted by atomic mass is 10.4. The first-order chi connectivity index (χ1) is 10.0. The third kappa shape index (κ3) is 3.67. The highest BCUT2D eigenvalue weighted by Crippen LogP contribution is 2.22. The third-order valence-corrected chi connectivity index (χ3v) is 5.77. The van der Waals surface area contributed by atoms with Crippen molar-refractivity contribution in [2.24, 2.45) is 7.05 Å². The SMILES string of the molecule is Cn1cnnc1CNS(=O)(=O)c1csc(CNC2CC2)c1. The summed E-state index contributed by atoms with van der Waals surface area (Å²) in [6, 6.07) is 2.33. The second-order valence-corrected chi connectivity index (χ2v) is 7.85. The highest BCUT2D eigenvalue weighted by atomic mass is 32.2. The van der Waals surface area contributed by atoms with E-state index in [9.17, 15) is 8.42 Å². The van der Waals surface area contributed by atoms with Gasteiger partial charge in [0.15, 0.2) is 0 Å². The first kappa shape index (κ1) is 14.6. The van der Waals surface area contributed by atoms with E-state index < -0.39 is 10.0 Å². The van der Waals surface area contributed by atoms with Gasteiger partial charge in [0.2, 0.25) is 10.0 Å². The number of thiophene rings is 1. The molecule has 0 radical (unpaired) electrons. The van der Waals surface area contributed by atoms with Crippen LogP contribution in [0.5, 0.6) is 0 Å². The average molecular weight is 327 g/mol. The largest absolute Gasteiger partial charge is 0.320 e. The smallest absolute Gasteiger partial charge is 0.241 e. The summed E-state index contributed by atoms with van der Waals surface area (Å²) >= 11 is 1.46. The van der Waals surface area contributed by atoms with Gasteiger partial charge >= 0.3 is 0 Å². The molecule has 1 fully saturated rings. The monoisotopic (exact) mass is 327 g/mol. The summed E-state index contributed by atoms with van der Waals surface area (Å²) in [6.45, 7) is 0.860. The Morgan fingerprint density at radius 1 is 1.43 bits per heavy atom. The topological polar surface area (TPSA) is 88.9 Å². The van der Waals surface area contributed by atoms with Crippen LogP contribution in [0, 0.1) is 0 Å². The molecule has 2 heterocycles. The van der Waals surface area contributed by atoms with Crippen LogP contribution < -0.4 is 10.0 Å². The normalized spacial score (nSPS) is 15.5. The minimum absolute atomic E-state index is 0.129. The van der Waals surface area contributed by atoms with Gasteiger partial charge in [0, 0.05) is 29.9 Å². The van der Waals surface area contributed by atoms with Crippen molar-refractivity contribution >= 4 is 21.4 Å². The van der Waals surface area contributed by atoms with Gasteiger partial charge in [0.25, 0.3) is 0 Å². The van der Waals surface area contributed by atoms with Crippen molar-refractivity contribution in [2.45, 2.75) is 36.9 Å². The zero-order valence-corrected chi connectivity index (χ0v) is 13.2. The van der Waals surface area contributed by atoms with Gasteiger partial charge in [-0.15, -0.1) is 21.5 Å². The Kier molecular flexibility index (Phi) is 4.07. The van der Waals surface area contributed by atoms with Gasteiger partial charge in [-0.2, -0.15) is 0 Å². The molecule has 0 spiro atoms. The predicted molar refractivity (Wildman–Crippen MR) is 79.2 cm³/mol. The number of nitrogens with zero attached hydrogens (tertiary/aromatic N) is 3. The van der Waals surface area contributed by atoms with Gasteiger partial charge in [-0.3, -0.25) is 0 Å². The average Bonchev–Trinajstić information content (AvgIpc) is 2.98. The Morgan fingerprint density at radius 2 is 2.24 bits per heavy atom. The summed E-state index contributed by atoms with van der Waals surface area (Å²) in [5.74, 6) is 0.574. The lowest BCUT2D eigenvalue weighted by Gasteiger charge is -2.04. The van der Waals surface area contributed by atoms with Gasteiger partial charge in [-0.1, -0.05) is 0 Å². The Morgan fingerprint density at radius 3 is 2.90 bits per heavy atom. The molecule has 2 aromatic heterocycles. The maximum Gasteiger partial charge on any atom is 0.241 e. The molecule has 2 N–H and O–H groups in total. The first-order valence-electron chi connectivity index (χ1n) is 6.68. The Balaban J connectivity index is 1.62.